The fraction of sp³-hybridized carbons (Fsp3) is 0.933. The van der Waals surface area contributed by atoms with Crippen LogP contribution in [0.15, 0.2) is 0 Å². The standard InChI is InChI=1S/C15H30N2O/c1-5-17(6-2)15(18)13(4)16-14-9-7-8-12(3)10-11-14/h12-14,16H,5-11H2,1-4H3. The fourth-order valence-corrected chi connectivity index (χ4v) is 2.89. The van der Waals surface area contributed by atoms with Crippen LogP contribution in [-0.4, -0.2) is 36.0 Å². The van der Waals surface area contributed by atoms with Gasteiger partial charge in [0.15, 0.2) is 0 Å². The summed E-state index contributed by atoms with van der Waals surface area (Å²) in [4.78, 5) is 14.1. The van der Waals surface area contributed by atoms with Gasteiger partial charge in [0.1, 0.15) is 0 Å². The van der Waals surface area contributed by atoms with E-state index in [1.807, 2.05) is 25.7 Å². The number of nitrogens with one attached hydrogen (secondary N) is 1. The second-order valence-corrected chi connectivity index (χ2v) is 5.71. The molecule has 1 amide bonds. The molecule has 1 aliphatic carbocycles. The van der Waals surface area contributed by atoms with E-state index in [2.05, 4.69) is 12.2 Å². The Balaban J connectivity index is 2.43. The molecule has 106 valence electrons. The van der Waals surface area contributed by atoms with Crippen molar-refractivity contribution in [2.75, 3.05) is 13.1 Å². The van der Waals surface area contributed by atoms with Crippen LogP contribution in [0.4, 0.5) is 0 Å². The molecule has 1 saturated carbocycles. The van der Waals surface area contributed by atoms with Crippen LogP contribution in [0.25, 0.3) is 0 Å². The average Bonchev–Trinajstić information content (AvgIpc) is 2.56. The summed E-state index contributed by atoms with van der Waals surface area (Å²) in [6.45, 7) is 10.1. The van der Waals surface area contributed by atoms with Gasteiger partial charge in [-0.05, 0) is 46.0 Å². The van der Waals surface area contributed by atoms with Crippen LogP contribution >= 0.6 is 0 Å². The molecule has 3 atom stereocenters. The highest BCUT2D eigenvalue weighted by atomic mass is 16.2. The Labute approximate surface area is 112 Å². The van der Waals surface area contributed by atoms with Crippen molar-refractivity contribution in [3.63, 3.8) is 0 Å². The van der Waals surface area contributed by atoms with Gasteiger partial charge in [-0.3, -0.25) is 4.79 Å². The highest BCUT2D eigenvalue weighted by Crippen LogP contribution is 2.22. The number of carbonyl (C=O) groups excluding carboxylic acids is 1. The molecule has 3 unspecified atom stereocenters. The maximum atomic E-state index is 12.2. The molecule has 0 spiro atoms. The van der Waals surface area contributed by atoms with Crippen molar-refractivity contribution in [2.24, 2.45) is 5.92 Å². The van der Waals surface area contributed by atoms with E-state index in [0.717, 1.165) is 19.0 Å². The van der Waals surface area contributed by atoms with Crippen LogP contribution in [0.5, 0.6) is 0 Å². The third-order valence-electron chi connectivity index (χ3n) is 4.19. The monoisotopic (exact) mass is 254 g/mol. The maximum Gasteiger partial charge on any atom is 0.239 e. The molecule has 1 rings (SSSR count). The van der Waals surface area contributed by atoms with E-state index in [9.17, 15) is 4.79 Å². The van der Waals surface area contributed by atoms with Crippen LogP contribution in [0.1, 0.15) is 59.8 Å². The van der Waals surface area contributed by atoms with Gasteiger partial charge in [0.2, 0.25) is 5.91 Å². The van der Waals surface area contributed by atoms with Crippen molar-refractivity contribution in [1.82, 2.24) is 10.2 Å². The van der Waals surface area contributed by atoms with Gasteiger partial charge in [-0.25, -0.2) is 0 Å². The lowest BCUT2D eigenvalue weighted by molar-refractivity contribution is -0.132. The third-order valence-corrected chi connectivity index (χ3v) is 4.19. The van der Waals surface area contributed by atoms with E-state index in [1.54, 1.807) is 0 Å². The molecule has 3 nitrogen and oxygen atoms in total. The van der Waals surface area contributed by atoms with Gasteiger partial charge in [0.25, 0.3) is 0 Å². The highest BCUT2D eigenvalue weighted by molar-refractivity contribution is 5.81. The number of hydrogen-bond donors (Lipinski definition) is 1. The second-order valence-electron chi connectivity index (χ2n) is 5.71. The fourth-order valence-electron chi connectivity index (χ4n) is 2.89. The van der Waals surface area contributed by atoms with E-state index >= 15 is 0 Å². The lowest BCUT2D eigenvalue weighted by Gasteiger charge is -2.27. The summed E-state index contributed by atoms with van der Waals surface area (Å²) < 4.78 is 0. The molecular formula is C15H30N2O. The minimum absolute atomic E-state index is 0.0386. The number of nitrogens with zero attached hydrogens (tertiary/aromatic N) is 1. The van der Waals surface area contributed by atoms with E-state index in [-0.39, 0.29) is 11.9 Å². The van der Waals surface area contributed by atoms with Gasteiger partial charge in [0.05, 0.1) is 6.04 Å². The first-order valence-corrected chi connectivity index (χ1v) is 7.63. The normalized spacial score (nSPS) is 26.4. The molecule has 0 aromatic heterocycles. The predicted octanol–water partition coefficient (Wildman–Crippen LogP) is 2.80. The zero-order valence-electron chi connectivity index (χ0n) is 12.5. The Morgan fingerprint density at radius 3 is 2.50 bits per heavy atom. The van der Waals surface area contributed by atoms with Crippen LogP contribution in [0, 0.1) is 5.92 Å². The van der Waals surface area contributed by atoms with Gasteiger partial charge in [0, 0.05) is 19.1 Å². The summed E-state index contributed by atoms with van der Waals surface area (Å²) in [6.07, 6.45) is 6.38. The van der Waals surface area contributed by atoms with Crippen molar-refractivity contribution >= 4 is 5.91 Å². The summed E-state index contributed by atoms with van der Waals surface area (Å²) in [5.41, 5.74) is 0. The van der Waals surface area contributed by atoms with Crippen LogP contribution in [-0.2, 0) is 4.79 Å². The highest BCUT2D eigenvalue weighted by Gasteiger charge is 2.22. The van der Waals surface area contributed by atoms with E-state index in [0.29, 0.717) is 6.04 Å². The second kappa shape index (κ2) is 7.78. The van der Waals surface area contributed by atoms with Gasteiger partial charge in [-0.1, -0.05) is 19.8 Å². The molecule has 1 fully saturated rings. The first-order valence-electron chi connectivity index (χ1n) is 7.63. The SMILES string of the molecule is CCN(CC)C(=O)C(C)NC1CCCC(C)CC1. The Kier molecular flexibility index (Phi) is 6.69. The first kappa shape index (κ1) is 15.5. The lowest BCUT2D eigenvalue weighted by atomic mass is 10.0. The molecule has 1 aliphatic rings. The minimum Gasteiger partial charge on any atom is -0.342 e. The van der Waals surface area contributed by atoms with Crippen LogP contribution in [0.2, 0.25) is 0 Å². The van der Waals surface area contributed by atoms with Crippen molar-refractivity contribution in [3.8, 4) is 0 Å². The average molecular weight is 254 g/mol. The Morgan fingerprint density at radius 1 is 1.22 bits per heavy atom. The number of hydrogen-bond acceptors (Lipinski definition) is 2. The molecule has 0 bridgehead atoms. The summed E-state index contributed by atoms with van der Waals surface area (Å²) in [7, 11) is 0. The van der Waals surface area contributed by atoms with Crippen LogP contribution in [0.3, 0.4) is 0 Å². The molecular weight excluding hydrogens is 224 g/mol. The molecule has 0 heterocycles. The summed E-state index contributed by atoms with van der Waals surface area (Å²) in [5, 5.41) is 3.54. The smallest absolute Gasteiger partial charge is 0.239 e. The molecule has 0 aromatic rings. The molecule has 3 heteroatoms. The molecule has 0 radical (unpaired) electrons. The molecule has 0 aromatic carbocycles. The van der Waals surface area contributed by atoms with E-state index < -0.39 is 0 Å². The summed E-state index contributed by atoms with van der Waals surface area (Å²) in [6, 6.07) is 0.493. The number of rotatable bonds is 5. The summed E-state index contributed by atoms with van der Waals surface area (Å²) in [5.74, 6) is 1.10. The van der Waals surface area contributed by atoms with Gasteiger partial charge in [-0.15, -0.1) is 0 Å². The zero-order valence-corrected chi connectivity index (χ0v) is 12.5. The zero-order chi connectivity index (χ0) is 13.5. The predicted molar refractivity (Wildman–Crippen MR) is 76.6 cm³/mol. The molecule has 18 heavy (non-hydrogen) atoms. The Bertz CT molecular complexity index is 251. The lowest BCUT2D eigenvalue weighted by Crippen LogP contribution is -2.48. The summed E-state index contributed by atoms with van der Waals surface area (Å²) >= 11 is 0. The largest absolute Gasteiger partial charge is 0.342 e. The van der Waals surface area contributed by atoms with Gasteiger partial charge >= 0.3 is 0 Å². The number of carbonyl (C=O) groups is 1. The topological polar surface area (TPSA) is 32.3 Å². The van der Waals surface area contributed by atoms with Crippen molar-refractivity contribution in [2.45, 2.75) is 71.9 Å². The minimum atomic E-state index is -0.0386. The Hall–Kier alpha value is -0.570. The van der Waals surface area contributed by atoms with Crippen molar-refractivity contribution in [3.05, 3.63) is 0 Å². The maximum absolute atomic E-state index is 12.2. The quantitative estimate of drug-likeness (QED) is 0.765. The van der Waals surface area contributed by atoms with Gasteiger partial charge < -0.3 is 10.2 Å². The van der Waals surface area contributed by atoms with Crippen LogP contribution < -0.4 is 5.32 Å². The first-order chi connectivity index (χ1) is 8.58. The van der Waals surface area contributed by atoms with Gasteiger partial charge in [-0.2, -0.15) is 0 Å². The molecule has 0 saturated heterocycles. The number of likely N-dealkylation sites (N-methyl/N-ethyl adjacent to an activating group) is 1. The Morgan fingerprint density at radius 2 is 1.89 bits per heavy atom. The molecule has 1 N–H and O–H groups in total. The van der Waals surface area contributed by atoms with E-state index in [4.69, 9.17) is 0 Å². The number of amides is 1. The van der Waals surface area contributed by atoms with E-state index in [1.165, 1.54) is 32.1 Å². The third kappa shape index (κ3) is 4.60. The molecule has 0 aliphatic heterocycles. The van der Waals surface area contributed by atoms with Crippen molar-refractivity contribution < 1.29 is 4.79 Å². The van der Waals surface area contributed by atoms with Crippen molar-refractivity contribution in [1.29, 1.82) is 0 Å².